The summed E-state index contributed by atoms with van der Waals surface area (Å²) in [6, 6.07) is 2.79. The molecule has 1 aromatic carbocycles. The highest BCUT2D eigenvalue weighted by Gasteiger charge is 2.34. The Labute approximate surface area is 119 Å². The van der Waals surface area contributed by atoms with Gasteiger partial charge in [-0.2, -0.15) is 4.72 Å². The molecule has 0 aromatic heterocycles. The molecule has 0 radical (unpaired) electrons. The maximum Gasteiger partial charge on any atom is 0.324 e. The van der Waals surface area contributed by atoms with Crippen molar-refractivity contribution in [3.05, 3.63) is 33.3 Å². The van der Waals surface area contributed by atoms with Crippen LogP contribution >= 0.6 is 11.6 Å². The highest BCUT2D eigenvalue weighted by molar-refractivity contribution is 7.89. The summed E-state index contributed by atoms with van der Waals surface area (Å²) >= 11 is 5.70. The van der Waals surface area contributed by atoms with Crippen LogP contribution in [0, 0.1) is 10.1 Å². The fourth-order valence-electron chi connectivity index (χ4n) is 1.26. The molecule has 1 aromatic rings. The molecule has 0 saturated heterocycles. The Balaban J connectivity index is 3.24. The summed E-state index contributed by atoms with van der Waals surface area (Å²) in [7, 11) is -4.22. The van der Waals surface area contributed by atoms with Gasteiger partial charge in [0.15, 0.2) is 0 Å². The molecule has 0 bridgehead atoms. The number of nitro groups is 1. The van der Waals surface area contributed by atoms with E-state index in [1.54, 1.807) is 0 Å². The third-order valence-corrected chi connectivity index (χ3v) is 4.48. The van der Waals surface area contributed by atoms with Gasteiger partial charge >= 0.3 is 5.97 Å². The van der Waals surface area contributed by atoms with Gasteiger partial charge in [0.1, 0.15) is 10.4 Å². The molecule has 0 saturated carbocycles. The van der Waals surface area contributed by atoms with Crippen LogP contribution in [0.25, 0.3) is 0 Å². The van der Waals surface area contributed by atoms with Crippen molar-refractivity contribution in [3.8, 4) is 0 Å². The predicted molar refractivity (Wildman–Crippen MR) is 70.1 cm³/mol. The second-order valence-electron chi connectivity index (χ2n) is 4.41. The summed E-state index contributed by atoms with van der Waals surface area (Å²) in [4.78, 5) is 20.3. The fraction of sp³-hybridized carbons (Fsp3) is 0.300. The van der Waals surface area contributed by atoms with E-state index in [9.17, 15) is 23.3 Å². The number of nitrogens with one attached hydrogen (secondary N) is 1. The molecular weight excluding hydrogens is 312 g/mol. The molecule has 0 atom stereocenters. The van der Waals surface area contributed by atoms with Crippen LogP contribution in [0.2, 0.25) is 5.02 Å². The highest BCUT2D eigenvalue weighted by atomic mass is 35.5. The zero-order valence-electron chi connectivity index (χ0n) is 10.5. The molecule has 2 N–H and O–H groups in total. The van der Waals surface area contributed by atoms with E-state index in [1.807, 2.05) is 4.72 Å². The Morgan fingerprint density at radius 2 is 2.00 bits per heavy atom. The second-order valence-corrected chi connectivity index (χ2v) is 6.47. The summed E-state index contributed by atoms with van der Waals surface area (Å²) in [5, 5.41) is 19.1. The third kappa shape index (κ3) is 3.44. The maximum absolute atomic E-state index is 12.0. The van der Waals surface area contributed by atoms with Crippen molar-refractivity contribution in [2.24, 2.45) is 0 Å². The number of aliphatic carboxylic acids is 1. The van der Waals surface area contributed by atoms with Gasteiger partial charge in [-0.1, -0.05) is 11.6 Å². The van der Waals surface area contributed by atoms with Crippen LogP contribution in [0.3, 0.4) is 0 Å². The summed E-state index contributed by atoms with van der Waals surface area (Å²) in [6.45, 7) is 2.32. The van der Waals surface area contributed by atoms with Gasteiger partial charge in [-0.25, -0.2) is 8.42 Å². The number of nitro benzene ring substituents is 1. The molecule has 8 nitrogen and oxygen atoms in total. The Morgan fingerprint density at radius 3 is 2.40 bits per heavy atom. The smallest absolute Gasteiger partial charge is 0.324 e. The first-order valence-corrected chi connectivity index (χ1v) is 7.05. The number of carbonyl (C=O) groups is 1. The van der Waals surface area contributed by atoms with Gasteiger partial charge in [0, 0.05) is 12.1 Å². The molecule has 0 spiro atoms. The van der Waals surface area contributed by atoms with Gasteiger partial charge in [0.2, 0.25) is 10.0 Å². The van der Waals surface area contributed by atoms with Gasteiger partial charge < -0.3 is 5.11 Å². The Kier molecular flexibility index (Phi) is 4.37. The van der Waals surface area contributed by atoms with Gasteiger partial charge in [-0.15, -0.1) is 0 Å². The van der Waals surface area contributed by atoms with E-state index in [0.717, 1.165) is 32.0 Å². The number of sulfonamides is 1. The maximum atomic E-state index is 12.0. The van der Waals surface area contributed by atoms with Crippen LogP contribution < -0.4 is 4.72 Å². The zero-order chi connectivity index (χ0) is 15.7. The van der Waals surface area contributed by atoms with Crippen LogP contribution in [-0.4, -0.2) is 30.0 Å². The van der Waals surface area contributed by atoms with Crippen LogP contribution in [0.4, 0.5) is 5.69 Å². The minimum Gasteiger partial charge on any atom is -0.480 e. The van der Waals surface area contributed by atoms with Crippen LogP contribution in [0.15, 0.2) is 23.1 Å². The van der Waals surface area contributed by atoms with Gasteiger partial charge in [0.25, 0.3) is 5.69 Å². The monoisotopic (exact) mass is 322 g/mol. The minimum absolute atomic E-state index is 0.368. The highest BCUT2D eigenvalue weighted by Crippen LogP contribution is 2.26. The topological polar surface area (TPSA) is 127 Å². The van der Waals surface area contributed by atoms with Crippen molar-refractivity contribution in [2.75, 3.05) is 0 Å². The molecule has 0 aliphatic carbocycles. The average Bonchev–Trinajstić information content (AvgIpc) is 2.26. The van der Waals surface area contributed by atoms with E-state index in [4.69, 9.17) is 16.7 Å². The normalized spacial score (nSPS) is 12.2. The molecule has 0 unspecified atom stereocenters. The zero-order valence-corrected chi connectivity index (χ0v) is 12.0. The summed E-state index contributed by atoms with van der Waals surface area (Å²) in [6.07, 6.45) is 0. The van der Waals surface area contributed by atoms with E-state index >= 15 is 0 Å². The lowest BCUT2D eigenvalue weighted by atomic mass is 10.1. The van der Waals surface area contributed by atoms with Gasteiger partial charge in [0.05, 0.1) is 9.95 Å². The molecule has 0 aliphatic heterocycles. The van der Waals surface area contributed by atoms with Crippen molar-refractivity contribution in [2.45, 2.75) is 24.3 Å². The van der Waals surface area contributed by atoms with E-state index in [0.29, 0.717) is 0 Å². The van der Waals surface area contributed by atoms with Gasteiger partial charge in [-0.05, 0) is 19.9 Å². The molecule has 0 fully saturated rings. The number of benzene rings is 1. The van der Waals surface area contributed by atoms with Crippen molar-refractivity contribution in [3.63, 3.8) is 0 Å². The molecule has 10 heteroatoms. The number of halogens is 1. The third-order valence-electron chi connectivity index (χ3n) is 2.34. The molecule has 0 aliphatic rings. The first kappa shape index (κ1) is 16.3. The molecule has 0 heterocycles. The molecule has 20 heavy (non-hydrogen) atoms. The van der Waals surface area contributed by atoms with E-state index in [2.05, 4.69) is 0 Å². The first-order valence-electron chi connectivity index (χ1n) is 5.19. The number of hydrogen-bond acceptors (Lipinski definition) is 5. The van der Waals surface area contributed by atoms with Crippen LogP contribution in [0.5, 0.6) is 0 Å². The quantitative estimate of drug-likeness (QED) is 0.623. The number of hydrogen-bond donors (Lipinski definition) is 2. The lowest BCUT2D eigenvalue weighted by Crippen LogP contribution is -2.49. The van der Waals surface area contributed by atoms with Crippen LogP contribution in [-0.2, 0) is 14.8 Å². The van der Waals surface area contributed by atoms with Crippen molar-refractivity contribution >= 4 is 33.3 Å². The van der Waals surface area contributed by atoms with Gasteiger partial charge in [-0.3, -0.25) is 14.9 Å². The largest absolute Gasteiger partial charge is 0.480 e. The second kappa shape index (κ2) is 5.35. The number of carboxylic acid groups (broad SMARTS) is 1. The SMILES string of the molecule is CC(C)(NS(=O)(=O)c1ccc([N+](=O)[O-])cc1Cl)C(=O)O. The predicted octanol–water partition coefficient (Wildman–Crippen LogP) is 1.39. The minimum atomic E-state index is -4.22. The summed E-state index contributed by atoms with van der Waals surface area (Å²) in [5.74, 6) is -1.38. The van der Waals surface area contributed by atoms with Crippen molar-refractivity contribution < 1.29 is 23.2 Å². The fourth-order valence-corrected chi connectivity index (χ4v) is 3.17. The lowest BCUT2D eigenvalue weighted by Gasteiger charge is -2.21. The molecule has 110 valence electrons. The summed E-state index contributed by atoms with van der Waals surface area (Å²) in [5.41, 5.74) is -2.12. The number of non-ortho nitro benzene ring substituents is 1. The first-order chi connectivity index (χ1) is 8.97. The number of carboxylic acids is 1. The lowest BCUT2D eigenvalue weighted by molar-refractivity contribution is -0.384. The van der Waals surface area contributed by atoms with Crippen LogP contribution in [0.1, 0.15) is 13.8 Å². The molecule has 1 rings (SSSR count). The standard InChI is InChI=1S/C10H11ClN2O6S/c1-10(2,9(14)15)12-20(18,19)8-4-3-6(13(16)17)5-7(8)11/h3-5,12H,1-2H3,(H,14,15). The molecule has 0 amide bonds. The Hall–Kier alpha value is -1.71. The van der Waals surface area contributed by atoms with Crippen molar-refractivity contribution in [1.82, 2.24) is 4.72 Å². The summed E-state index contributed by atoms with van der Waals surface area (Å²) < 4.78 is 26.0. The van der Waals surface area contributed by atoms with Crippen molar-refractivity contribution in [1.29, 1.82) is 0 Å². The van der Waals surface area contributed by atoms with E-state index < -0.39 is 31.4 Å². The Morgan fingerprint density at radius 1 is 1.45 bits per heavy atom. The molecular formula is C10H11ClN2O6S. The van der Waals surface area contributed by atoms with E-state index in [-0.39, 0.29) is 10.7 Å². The number of nitrogens with zero attached hydrogens (tertiary/aromatic N) is 1. The average molecular weight is 323 g/mol. The Bertz CT molecular complexity index is 670. The van der Waals surface area contributed by atoms with E-state index in [1.165, 1.54) is 0 Å². The number of rotatable bonds is 5.